The van der Waals surface area contributed by atoms with Crippen LogP contribution in [0.15, 0.2) is 0 Å². The van der Waals surface area contributed by atoms with Crippen LogP contribution in [0, 0.1) is 0 Å². The number of hydrogen-bond donors (Lipinski definition) is 0. The molecular weight excluding hydrogens is 116 g/mol. The maximum atomic E-state index is 9.99. The van der Waals surface area contributed by atoms with Crippen molar-refractivity contribution in [3.8, 4) is 0 Å². The smallest absolute Gasteiger partial charge is 0.229 e. The van der Waals surface area contributed by atoms with Crippen molar-refractivity contribution in [2.75, 3.05) is 7.11 Å². The lowest BCUT2D eigenvalue weighted by molar-refractivity contribution is 0.143. The van der Waals surface area contributed by atoms with Crippen molar-refractivity contribution in [1.29, 1.82) is 0 Å². The monoisotopic (exact) mass is 129 g/mol. The lowest BCUT2D eigenvalue weighted by Crippen LogP contribution is -2.10. The largest absolute Gasteiger partial charge is 0.373 e. The highest BCUT2D eigenvalue weighted by Crippen LogP contribution is 2.00. The molecule has 2 nitrogen and oxygen atoms in total. The van der Waals surface area contributed by atoms with Gasteiger partial charge in [-0.25, -0.2) is 0 Å². The molecule has 0 saturated carbocycles. The van der Waals surface area contributed by atoms with Gasteiger partial charge < -0.3 is 4.74 Å². The lowest BCUT2D eigenvalue weighted by atomic mass is 10.2. The van der Waals surface area contributed by atoms with E-state index in [0.29, 0.717) is 0 Å². The molecule has 0 aromatic heterocycles. The normalized spacial score (nSPS) is 13.1. The van der Waals surface area contributed by atoms with E-state index >= 15 is 0 Å². The topological polar surface area (TPSA) is 26.3 Å². The highest BCUT2D eigenvalue weighted by atomic mass is 16.5. The van der Waals surface area contributed by atoms with Crippen LogP contribution in [0.5, 0.6) is 0 Å². The third kappa shape index (κ3) is 4.15. The summed E-state index contributed by atoms with van der Waals surface area (Å²) in [6.07, 6.45) is 4.45. The molecular formula is C7H13O2. The average Bonchev–Trinajstić information content (AvgIpc) is 1.91. The fourth-order valence-electron chi connectivity index (χ4n) is 0.614. The SMILES string of the molecule is CCCCC([C]=O)OC. The van der Waals surface area contributed by atoms with E-state index in [0.717, 1.165) is 19.3 Å². The third-order valence-electron chi connectivity index (χ3n) is 1.24. The fourth-order valence-corrected chi connectivity index (χ4v) is 0.614. The molecule has 53 valence electrons. The fraction of sp³-hybridized carbons (Fsp3) is 0.857. The number of hydrogen-bond acceptors (Lipinski definition) is 2. The highest BCUT2D eigenvalue weighted by molar-refractivity contribution is 5.56. The Bertz CT molecular complexity index is 71.3. The van der Waals surface area contributed by atoms with Gasteiger partial charge in [-0.05, 0) is 6.42 Å². The van der Waals surface area contributed by atoms with Crippen molar-refractivity contribution in [3.63, 3.8) is 0 Å². The van der Waals surface area contributed by atoms with Gasteiger partial charge in [0.2, 0.25) is 6.29 Å². The average molecular weight is 129 g/mol. The summed E-state index contributed by atoms with van der Waals surface area (Å²) in [6.45, 7) is 2.08. The number of carbonyl (C=O) groups excluding carboxylic acids is 1. The van der Waals surface area contributed by atoms with Crippen LogP contribution in [0.4, 0.5) is 0 Å². The van der Waals surface area contributed by atoms with Gasteiger partial charge in [0.1, 0.15) is 6.10 Å². The Hall–Kier alpha value is -0.370. The molecule has 1 radical (unpaired) electrons. The Kier molecular flexibility index (Phi) is 5.52. The molecule has 2 heteroatoms. The number of unbranched alkanes of at least 4 members (excludes halogenated alkanes) is 1. The van der Waals surface area contributed by atoms with E-state index in [9.17, 15) is 4.79 Å². The minimum absolute atomic E-state index is 0.301. The maximum absolute atomic E-state index is 9.99. The molecule has 1 unspecified atom stereocenters. The molecule has 1 atom stereocenters. The summed E-state index contributed by atoms with van der Waals surface area (Å²) in [6, 6.07) is 0. The van der Waals surface area contributed by atoms with E-state index in [-0.39, 0.29) is 6.10 Å². The summed E-state index contributed by atoms with van der Waals surface area (Å²) in [5.74, 6) is 0. The number of ether oxygens (including phenoxy) is 1. The first-order chi connectivity index (χ1) is 4.35. The molecule has 0 amide bonds. The van der Waals surface area contributed by atoms with E-state index in [1.165, 1.54) is 7.11 Å². The van der Waals surface area contributed by atoms with Crippen LogP contribution in [0.1, 0.15) is 26.2 Å². The second-order valence-corrected chi connectivity index (χ2v) is 1.98. The van der Waals surface area contributed by atoms with Crippen LogP contribution >= 0.6 is 0 Å². The maximum Gasteiger partial charge on any atom is 0.229 e. The van der Waals surface area contributed by atoms with Crippen molar-refractivity contribution in [2.24, 2.45) is 0 Å². The van der Waals surface area contributed by atoms with E-state index < -0.39 is 0 Å². The van der Waals surface area contributed by atoms with E-state index in [1.807, 2.05) is 6.29 Å². The molecule has 0 aromatic carbocycles. The first kappa shape index (κ1) is 8.63. The van der Waals surface area contributed by atoms with E-state index in [1.54, 1.807) is 0 Å². The van der Waals surface area contributed by atoms with Crippen LogP contribution < -0.4 is 0 Å². The van der Waals surface area contributed by atoms with Crippen molar-refractivity contribution in [2.45, 2.75) is 32.3 Å². The second kappa shape index (κ2) is 5.76. The molecule has 0 fully saturated rings. The van der Waals surface area contributed by atoms with Gasteiger partial charge in [-0.2, -0.15) is 0 Å². The summed E-state index contributed by atoms with van der Waals surface area (Å²) in [5.41, 5.74) is 0. The minimum atomic E-state index is -0.301. The van der Waals surface area contributed by atoms with Gasteiger partial charge in [0.05, 0.1) is 0 Å². The predicted octanol–water partition coefficient (Wildman–Crippen LogP) is 1.30. The number of methoxy groups -OCH3 is 1. The zero-order chi connectivity index (χ0) is 7.11. The summed E-state index contributed by atoms with van der Waals surface area (Å²) < 4.78 is 4.78. The van der Waals surface area contributed by atoms with Crippen LogP contribution in [-0.4, -0.2) is 19.5 Å². The molecule has 9 heavy (non-hydrogen) atoms. The van der Waals surface area contributed by atoms with Gasteiger partial charge in [-0.15, -0.1) is 0 Å². The van der Waals surface area contributed by atoms with Crippen LogP contribution in [0.2, 0.25) is 0 Å². The molecule has 0 aliphatic rings. The minimum Gasteiger partial charge on any atom is -0.373 e. The van der Waals surface area contributed by atoms with Gasteiger partial charge in [0.25, 0.3) is 0 Å². The van der Waals surface area contributed by atoms with Gasteiger partial charge in [0.15, 0.2) is 0 Å². The molecule has 0 aliphatic carbocycles. The zero-order valence-electron chi connectivity index (χ0n) is 6.02. The highest BCUT2D eigenvalue weighted by Gasteiger charge is 2.03. The Labute approximate surface area is 56.2 Å². The summed E-state index contributed by atoms with van der Waals surface area (Å²) in [5, 5.41) is 0. The summed E-state index contributed by atoms with van der Waals surface area (Å²) >= 11 is 0. The van der Waals surface area contributed by atoms with Crippen molar-refractivity contribution in [3.05, 3.63) is 0 Å². The first-order valence-electron chi connectivity index (χ1n) is 3.25. The Morgan fingerprint density at radius 1 is 1.67 bits per heavy atom. The van der Waals surface area contributed by atoms with Crippen LogP contribution in [0.3, 0.4) is 0 Å². The van der Waals surface area contributed by atoms with E-state index in [4.69, 9.17) is 4.74 Å². The molecule has 0 saturated heterocycles. The summed E-state index contributed by atoms with van der Waals surface area (Å²) in [4.78, 5) is 9.99. The Morgan fingerprint density at radius 3 is 2.67 bits per heavy atom. The van der Waals surface area contributed by atoms with Crippen molar-refractivity contribution in [1.82, 2.24) is 0 Å². The molecule has 0 bridgehead atoms. The van der Waals surface area contributed by atoms with Gasteiger partial charge >= 0.3 is 0 Å². The van der Waals surface area contributed by atoms with Gasteiger partial charge in [-0.3, -0.25) is 4.79 Å². The van der Waals surface area contributed by atoms with Crippen molar-refractivity contribution < 1.29 is 9.53 Å². The quantitative estimate of drug-likeness (QED) is 0.559. The third-order valence-corrected chi connectivity index (χ3v) is 1.24. The standard InChI is InChI=1S/C7H13O2/c1-3-4-5-7(6-8)9-2/h7H,3-5H2,1-2H3. The Balaban J connectivity index is 3.20. The zero-order valence-corrected chi connectivity index (χ0v) is 6.02. The molecule has 0 N–H and O–H groups in total. The predicted molar refractivity (Wildman–Crippen MR) is 36.0 cm³/mol. The van der Waals surface area contributed by atoms with E-state index in [2.05, 4.69) is 6.92 Å². The molecule has 0 aliphatic heterocycles. The van der Waals surface area contributed by atoms with Crippen molar-refractivity contribution >= 4 is 6.29 Å². The first-order valence-corrected chi connectivity index (χ1v) is 3.25. The number of rotatable bonds is 5. The molecule has 0 heterocycles. The summed E-state index contributed by atoms with van der Waals surface area (Å²) in [7, 11) is 1.53. The van der Waals surface area contributed by atoms with Crippen LogP contribution in [0.25, 0.3) is 0 Å². The van der Waals surface area contributed by atoms with Gasteiger partial charge in [-0.1, -0.05) is 19.8 Å². The lowest BCUT2D eigenvalue weighted by Gasteiger charge is -2.03. The molecule has 0 rings (SSSR count). The Morgan fingerprint density at radius 2 is 2.33 bits per heavy atom. The molecule has 0 aromatic rings. The van der Waals surface area contributed by atoms with Crippen LogP contribution in [-0.2, 0) is 9.53 Å². The van der Waals surface area contributed by atoms with Gasteiger partial charge in [0, 0.05) is 7.11 Å². The second-order valence-electron chi connectivity index (χ2n) is 1.98. The molecule has 0 spiro atoms.